The predicted octanol–water partition coefficient (Wildman–Crippen LogP) is 3.44. The number of hydrogen-bond acceptors (Lipinski definition) is 3. The minimum Gasteiger partial charge on any atom is -0.326 e. The summed E-state index contributed by atoms with van der Waals surface area (Å²) in [5.74, 6) is 0.0584. The highest BCUT2D eigenvalue weighted by Gasteiger charge is 2.20. The average Bonchev–Trinajstić information content (AvgIpc) is 2.52. The Morgan fingerprint density at radius 3 is 2.65 bits per heavy atom. The van der Waals surface area contributed by atoms with E-state index in [4.69, 9.17) is 0 Å². The number of amides is 1. The first-order valence-electron chi connectivity index (χ1n) is 7.99. The van der Waals surface area contributed by atoms with Gasteiger partial charge in [-0.3, -0.25) is 9.52 Å². The number of sulfonamides is 1. The first kappa shape index (κ1) is 17.5. The molecule has 1 amide bonds. The van der Waals surface area contributed by atoms with E-state index in [9.17, 15) is 13.2 Å². The van der Waals surface area contributed by atoms with Gasteiger partial charge in [0.25, 0.3) is 0 Å². The highest BCUT2D eigenvalue weighted by Crippen LogP contribution is 2.26. The van der Waals surface area contributed by atoms with E-state index in [0.29, 0.717) is 17.8 Å². The largest absolute Gasteiger partial charge is 0.326 e. The molecule has 0 aliphatic heterocycles. The smallest absolute Gasteiger partial charge is 0.232 e. The second-order valence-electron chi connectivity index (χ2n) is 5.87. The molecule has 0 heterocycles. The van der Waals surface area contributed by atoms with Gasteiger partial charge >= 0.3 is 0 Å². The third kappa shape index (κ3) is 4.82. The maximum atomic E-state index is 12.3. The van der Waals surface area contributed by atoms with Crippen molar-refractivity contribution in [2.45, 2.75) is 39.5 Å². The van der Waals surface area contributed by atoms with Crippen molar-refractivity contribution in [3.8, 4) is 0 Å². The van der Waals surface area contributed by atoms with E-state index < -0.39 is 10.0 Å². The summed E-state index contributed by atoms with van der Waals surface area (Å²) in [6, 6.07) is 5.25. The van der Waals surface area contributed by atoms with Gasteiger partial charge in [0.1, 0.15) is 0 Å². The molecule has 0 bridgehead atoms. The fraction of sp³-hybridized carbons (Fsp3) is 0.471. The highest BCUT2D eigenvalue weighted by molar-refractivity contribution is 7.92. The molecular formula is C17H24N2O3S. The van der Waals surface area contributed by atoms with E-state index in [-0.39, 0.29) is 17.6 Å². The van der Waals surface area contributed by atoms with Crippen LogP contribution in [0.25, 0.3) is 0 Å². The molecule has 1 aliphatic rings. The normalized spacial score (nSPS) is 17.7. The van der Waals surface area contributed by atoms with E-state index in [1.165, 1.54) is 0 Å². The molecule has 1 aliphatic carbocycles. The lowest BCUT2D eigenvalue weighted by atomic mass is 9.93. The summed E-state index contributed by atoms with van der Waals surface area (Å²) in [6.07, 6.45) is 7.22. The molecule has 1 atom stereocenters. The van der Waals surface area contributed by atoms with Gasteiger partial charge in [0.15, 0.2) is 0 Å². The Morgan fingerprint density at radius 2 is 2.00 bits per heavy atom. The van der Waals surface area contributed by atoms with Gasteiger partial charge in [0.05, 0.1) is 11.4 Å². The Labute approximate surface area is 138 Å². The quantitative estimate of drug-likeness (QED) is 0.781. The fourth-order valence-electron chi connectivity index (χ4n) is 2.64. The van der Waals surface area contributed by atoms with Crippen LogP contribution in [0.5, 0.6) is 0 Å². The van der Waals surface area contributed by atoms with Crippen LogP contribution in [0.2, 0.25) is 0 Å². The van der Waals surface area contributed by atoms with Crippen molar-refractivity contribution in [1.82, 2.24) is 0 Å². The molecule has 0 spiro atoms. The van der Waals surface area contributed by atoms with E-state index in [2.05, 4.69) is 16.1 Å². The highest BCUT2D eigenvalue weighted by atomic mass is 32.2. The van der Waals surface area contributed by atoms with Gasteiger partial charge in [0.2, 0.25) is 15.9 Å². The van der Waals surface area contributed by atoms with E-state index >= 15 is 0 Å². The van der Waals surface area contributed by atoms with Gasteiger partial charge in [-0.05, 0) is 50.3 Å². The summed E-state index contributed by atoms with van der Waals surface area (Å²) < 4.78 is 26.4. The molecule has 2 rings (SSSR count). The van der Waals surface area contributed by atoms with Crippen molar-refractivity contribution in [2.75, 3.05) is 15.8 Å². The Morgan fingerprint density at radius 1 is 1.26 bits per heavy atom. The molecular weight excluding hydrogens is 312 g/mol. The molecule has 1 aromatic carbocycles. The molecule has 1 unspecified atom stereocenters. The third-order valence-corrected chi connectivity index (χ3v) is 5.45. The minimum absolute atomic E-state index is 0.00832. The zero-order valence-electron chi connectivity index (χ0n) is 13.6. The summed E-state index contributed by atoms with van der Waals surface area (Å²) in [5, 5.41) is 2.93. The van der Waals surface area contributed by atoms with Crippen molar-refractivity contribution in [3.05, 3.63) is 35.9 Å². The van der Waals surface area contributed by atoms with Gasteiger partial charge in [-0.15, -0.1) is 0 Å². The number of anilines is 2. The van der Waals surface area contributed by atoms with Crippen LogP contribution in [0.4, 0.5) is 11.4 Å². The van der Waals surface area contributed by atoms with Gasteiger partial charge in [-0.25, -0.2) is 8.42 Å². The van der Waals surface area contributed by atoms with Crippen molar-refractivity contribution in [2.24, 2.45) is 5.92 Å². The monoisotopic (exact) mass is 336 g/mol. The molecule has 126 valence electrons. The molecule has 0 radical (unpaired) electrons. The first-order valence-corrected chi connectivity index (χ1v) is 9.64. The molecule has 0 saturated heterocycles. The fourth-order valence-corrected chi connectivity index (χ4v) is 3.83. The Kier molecular flexibility index (Phi) is 5.82. The van der Waals surface area contributed by atoms with Crippen LogP contribution in [-0.2, 0) is 14.8 Å². The molecule has 0 fully saturated rings. The predicted molar refractivity (Wildman–Crippen MR) is 94.0 cm³/mol. The summed E-state index contributed by atoms with van der Waals surface area (Å²) in [6.45, 7) is 3.63. The number of benzene rings is 1. The first-order chi connectivity index (χ1) is 10.9. The molecule has 23 heavy (non-hydrogen) atoms. The summed E-state index contributed by atoms with van der Waals surface area (Å²) in [4.78, 5) is 12.3. The van der Waals surface area contributed by atoms with Crippen LogP contribution in [-0.4, -0.2) is 20.1 Å². The standard InChI is InChI=1S/C17H24N2O3S/c1-3-12-23(21,22)19-16-11-7-10-15(13(16)2)18-17(20)14-8-5-4-6-9-14/h4-5,7,10-11,14,19H,3,6,8-9,12H2,1-2H3,(H,18,20). The summed E-state index contributed by atoms with van der Waals surface area (Å²) in [7, 11) is -3.34. The Balaban J connectivity index is 2.13. The number of carbonyl (C=O) groups excluding carboxylic acids is 1. The number of allylic oxidation sites excluding steroid dienone is 2. The lowest BCUT2D eigenvalue weighted by molar-refractivity contribution is -0.120. The topological polar surface area (TPSA) is 75.3 Å². The van der Waals surface area contributed by atoms with Crippen LogP contribution in [0.15, 0.2) is 30.4 Å². The number of rotatable bonds is 6. The second-order valence-corrected chi connectivity index (χ2v) is 7.71. The van der Waals surface area contributed by atoms with Gasteiger partial charge < -0.3 is 5.32 Å². The van der Waals surface area contributed by atoms with Crippen molar-refractivity contribution in [3.63, 3.8) is 0 Å². The second kappa shape index (κ2) is 7.64. The van der Waals surface area contributed by atoms with Crippen molar-refractivity contribution >= 4 is 27.3 Å². The van der Waals surface area contributed by atoms with Crippen LogP contribution >= 0.6 is 0 Å². The van der Waals surface area contributed by atoms with Gasteiger partial charge in [0, 0.05) is 11.6 Å². The maximum absolute atomic E-state index is 12.3. The number of hydrogen-bond donors (Lipinski definition) is 2. The summed E-state index contributed by atoms with van der Waals surface area (Å²) in [5.41, 5.74) is 1.90. The van der Waals surface area contributed by atoms with Crippen molar-refractivity contribution in [1.29, 1.82) is 0 Å². The third-order valence-electron chi connectivity index (χ3n) is 3.97. The van der Waals surface area contributed by atoms with Crippen LogP contribution in [0.3, 0.4) is 0 Å². The van der Waals surface area contributed by atoms with Crippen LogP contribution in [0.1, 0.15) is 38.2 Å². The van der Waals surface area contributed by atoms with Crippen LogP contribution < -0.4 is 10.0 Å². The number of nitrogens with one attached hydrogen (secondary N) is 2. The molecule has 2 N–H and O–H groups in total. The van der Waals surface area contributed by atoms with Gasteiger partial charge in [-0.1, -0.05) is 25.1 Å². The number of carbonyl (C=O) groups is 1. The average molecular weight is 336 g/mol. The molecule has 0 saturated carbocycles. The van der Waals surface area contributed by atoms with Gasteiger partial charge in [-0.2, -0.15) is 0 Å². The van der Waals surface area contributed by atoms with E-state index in [0.717, 1.165) is 24.8 Å². The lowest BCUT2D eigenvalue weighted by Crippen LogP contribution is -2.24. The SMILES string of the molecule is CCCS(=O)(=O)Nc1cccc(NC(=O)C2CC=CCC2)c1C. The van der Waals surface area contributed by atoms with E-state index in [1.54, 1.807) is 25.1 Å². The van der Waals surface area contributed by atoms with Crippen LogP contribution in [0, 0.1) is 12.8 Å². The zero-order valence-corrected chi connectivity index (χ0v) is 14.4. The molecule has 1 aromatic rings. The minimum atomic E-state index is -3.34. The lowest BCUT2D eigenvalue weighted by Gasteiger charge is -2.19. The van der Waals surface area contributed by atoms with Crippen molar-refractivity contribution < 1.29 is 13.2 Å². The maximum Gasteiger partial charge on any atom is 0.232 e. The van der Waals surface area contributed by atoms with E-state index in [1.807, 2.05) is 13.0 Å². The molecule has 0 aromatic heterocycles. The Bertz CT molecular complexity index is 696. The molecule has 5 nitrogen and oxygen atoms in total. The Hall–Kier alpha value is -1.82. The molecule has 6 heteroatoms. The summed E-state index contributed by atoms with van der Waals surface area (Å²) >= 11 is 0. The zero-order chi connectivity index (χ0) is 16.9.